The summed E-state index contributed by atoms with van der Waals surface area (Å²) in [5.74, 6) is -0.0118. The maximum atomic E-state index is 12.2. The van der Waals surface area contributed by atoms with Gasteiger partial charge in [0.25, 0.3) is 0 Å². The highest BCUT2D eigenvalue weighted by molar-refractivity contribution is 5.89. The van der Waals surface area contributed by atoms with Crippen molar-refractivity contribution in [2.75, 3.05) is 6.54 Å². The lowest BCUT2D eigenvalue weighted by molar-refractivity contribution is -0.130. The van der Waals surface area contributed by atoms with E-state index >= 15 is 0 Å². The van der Waals surface area contributed by atoms with E-state index in [-0.39, 0.29) is 18.0 Å². The molecule has 1 amide bonds. The number of allylic oxidation sites excluding steroid dienone is 1. The second kappa shape index (κ2) is 6.99. The quantitative estimate of drug-likeness (QED) is 0.797. The Hall–Kier alpha value is -2.10. The standard InChI is InChI=1S/C19H23NO3/c1-2-12-20-17-10-9-16(13-15(17)8-11-18(20)21)23-19(22)14-6-4-3-5-7-14/h3-7,16H,2,8-13H2,1H3. The van der Waals surface area contributed by atoms with Gasteiger partial charge in [-0.3, -0.25) is 4.79 Å². The lowest BCUT2D eigenvalue weighted by Gasteiger charge is -2.37. The zero-order valence-corrected chi connectivity index (χ0v) is 13.6. The molecule has 0 fully saturated rings. The summed E-state index contributed by atoms with van der Waals surface area (Å²) in [6, 6.07) is 9.12. The number of amides is 1. The number of benzene rings is 1. The fourth-order valence-electron chi connectivity index (χ4n) is 3.46. The van der Waals surface area contributed by atoms with Gasteiger partial charge in [0.15, 0.2) is 0 Å². The number of hydrogen-bond donors (Lipinski definition) is 0. The van der Waals surface area contributed by atoms with E-state index < -0.39 is 0 Å². The van der Waals surface area contributed by atoms with Gasteiger partial charge in [-0.15, -0.1) is 0 Å². The van der Waals surface area contributed by atoms with E-state index in [1.54, 1.807) is 12.1 Å². The van der Waals surface area contributed by atoms with Crippen molar-refractivity contribution in [3.63, 3.8) is 0 Å². The van der Waals surface area contributed by atoms with Crippen molar-refractivity contribution in [3.8, 4) is 0 Å². The van der Waals surface area contributed by atoms with Gasteiger partial charge in [0, 0.05) is 25.1 Å². The Labute approximate surface area is 137 Å². The SMILES string of the molecule is CCCN1C(=O)CCC2=C1CCC(OC(=O)c1ccccc1)C2. The van der Waals surface area contributed by atoms with Crippen molar-refractivity contribution in [2.24, 2.45) is 0 Å². The summed E-state index contributed by atoms with van der Waals surface area (Å²) in [5.41, 5.74) is 3.09. The Bertz CT molecular complexity index is 621. The first kappa shape index (κ1) is 15.8. The lowest BCUT2D eigenvalue weighted by atomic mass is 9.87. The average Bonchev–Trinajstić information content (AvgIpc) is 2.58. The van der Waals surface area contributed by atoms with Gasteiger partial charge in [0.2, 0.25) is 5.91 Å². The van der Waals surface area contributed by atoms with Crippen LogP contribution in [0.2, 0.25) is 0 Å². The maximum absolute atomic E-state index is 12.2. The summed E-state index contributed by atoms with van der Waals surface area (Å²) in [6.07, 6.45) is 4.68. The Balaban J connectivity index is 1.67. The van der Waals surface area contributed by atoms with Crippen molar-refractivity contribution >= 4 is 11.9 Å². The molecule has 1 unspecified atom stereocenters. The van der Waals surface area contributed by atoms with E-state index in [1.807, 2.05) is 23.1 Å². The number of ether oxygens (including phenoxy) is 1. The molecule has 4 nitrogen and oxygen atoms in total. The minimum atomic E-state index is -0.253. The van der Waals surface area contributed by atoms with Gasteiger partial charge < -0.3 is 9.64 Å². The molecule has 1 aliphatic heterocycles. The summed E-state index contributed by atoms with van der Waals surface area (Å²) < 4.78 is 5.67. The molecule has 1 atom stereocenters. The molecule has 4 heteroatoms. The van der Waals surface area contributed by atoms with Gasteiger partial charge in [-0.1, -0.05) is 25.1 Å². The summed E-state index contributed by atoms with van der Waals surface area (Å²) in [6.45, 7) is 2.89. The van der Waals surface area contributed by atoms with E-state index in [4.69, 9.17) is 4.74 Å². The highest BCUT2D eigenvalue weighted by atomic mass is 16.5. The zero-order chi connectivity index (χ0) is 16.2. The fraction of sp³-hybridized carbons (Fsp3) is 0.474. The van der Waals surface area contributed by atoms with Crippen molar-refractivity contribution in [1.29, 1.82) is 0 Å². The van der Waals surface area contributed by atoms with Crippen molar-refractivity contribution in [1.82, 2.24) is 4.90 Å². The Morgan fingerprint density at radius 1 is 1.22 bits per heavy atom. The average molecular weight is 313 g/mol. The van der Waals surface area contributed by atoms with Crippen molar-refractivity contribution in [3.05, 3.63) is 47.2 Å². The molecule has 0 saturated heterocycles. The van der Waals surface area contributed by atoms with Crippen LogP contribution in [-0.2, 0) is 9.53 Å². The molecule has 3 rings (SSSR count). The van der Waals surface area contributed by atoms with Crippen LogP contribution in [0.15, 0.2) is 41.6 Å². The van der Waals surface area contributed by atoms with Gasteiger partial charge in [-0.25, -0.2) is 4.79 Å². The first-order valence-electron chi connectivity index (χ1n) is 8.46. The van der Waals surface area contributed by atoms with Gasteiger partial charge in [0.1, 0.15) is 6.10 Å². The third-order valence-electron chi connectivity index (χ3n) is 4.58. The van der Waals surface area contributed by atoms with E-state index in [0.717, 1.165) is 38.6 Å². The second-order valence-electron chi connectivity index (χ2n) is 6.23. The van der Waals surface area contributed by atoms with Crippen LogP contribution in [0.25, 0.3) is 0 Å². The summed E-state index contributed by atoms with van der Waals surface area (Å²) >= 11 is 0. The van der Waals surface area contributed by atoms with Crippen LogP contribution in [0.1, 0.15) is 55.8 Å². The van der Waals surface area contributed by atoms with Gasteiger partial charge >= 0.3 is 5.97 Å². The number of carbonyl (C=O) groups excluding carboxylic acids is 2. The Morgan fingerprint density at radius 3 is 2.74 bits per heavy atom. The summed E-state index contributed by atoms with van der Waals surface area (Å²) in [4.78, 5) is 26.2. The van der Waals surface area contributed by atoms with Gasteiger partial charge in [-0.05, 0) is 43.4 Å². The molecule has 1 aliphatic carbocycles. The van der Waals surface area contributed by atoms with Crippen molar-refractivity contribution in [2.45, 2.75) is 51.6 Å². The molecular formula is C19H23NO3. The van der Waals surface area contributed by atoms with Gasteiger partial charge in [0.05, 0.1) is 5.56 Å². The van der Waals surface area contributed by atoms with Crippen LogP contribution in [0.4, 0.5) is 0 Å². The minimum absolute atomic E-state index is 0.0712. The summed E-state index contributed by atoms with van der Waals surface area (Å²) in [5, 5.41) is 0. The third kappa shape index (κ3) is 3.46. The third-order valence-corrected chi connectivity index (χ3v) is 4.58. The first-order valence-corrected chi connectivity index (χ1v) is 8.46. The van der Waals surface area contributed by atoms with Crippen molar-refractivity contribution < 1.29 is 14.3 Å². The molecule has 2 aliphatic rings. The van der Waals surface area contributed by atoms with E-state index in [0.29, 0.717) is 12.0 Å². The smallest absolute Gasteiger partial charge is 0.338 e. The van der Waals surface area contributed by atoms with Crippen LogP contribution >= 0.6 is 0 Å². The number of hydrogen-bond acceptors (Lipinski definition) is 3. The van der Waals surface area contributed by atoms with E-state index in [2.05, 4.69) is 6.92 Å². The molecule has 0 aromatic heterocycles. The predicted molar refractivity (Wildman–Crippen MR) is 87.8 cm³/mol. The Kier molecular flexibility index (Phi) is 4.79. The topological polar surface area (TPSA) is 46.6 Å². The van der Waals surface area contributed by atoms with E-state index in [9.17, 15) is 9.59 Å². The molecule has 0 spiro atoms. The predicted octanol–water partition coefficient (Wildman–Crippen LogP) is 3.68. The van der Waals surface area contributed by atoms with Crippen LogP contribution in [0.3, 0.4) is 0 Å². The number of carbonyl (C=O) groups is 2. The number of rotatable bonds is 4. The molecule has 122 valence electrons. The minimum Gasteiger partial charge on any atom is -0.458 e. The molecule has 0 bridgehead atoms. The summed E-state index contributed by atoms with van der Waals surface area (Å²) in [7, 11) is 0. The van der Waals surface area contributed by atoms with Crippen LogP contribution in [0.5, 0.6) is 0 Å². The fourth-order valence-corrected chi connectivity index (χ4v) is 3.46. The van der Waals surface area contributed by atoms with Gasteiger partial charge in [-0.2, -0.15) is 0 Å². The van der Waals surface area contributed by atoms with Crippen LogP contribution in [-0.4, -0.2) is 29.4 Å². The molecular weight excluding hydrogens is 290 g/mol. The largest absolute Gasteiger partial charge is 0.458 e. The molecule has 1 heterocycles. The molecule has 23 heavy (non-hydrogen) atoms. The molecule has 0 N–H and O–H groups in total. The second-order valence-corrected chi connectivity index (χ2v) is 6.23. The molecule has 0 radical (unpaired) electrons. The zero-order valence-electron chi connectivity index (χ0n) is 13.6. The highest BCUT2D eigenvalue weighted by Gasteiger charge is 2.32. The normalized spacial score (nSPS) is 21.2. The molecule has 0 saturated carbocycles. The number of nitrogens with zero attached hydrogens (tertiary/aromatic N) is 1. The first-order chi connectivity index (χ1) is 11.2. The molecule has 1 aromatic rings. The number of esters is 1. The lowest BCUT2D eigenvalue weighted by Crippen LogP contribution is -2.38. The maximum Gasteiger partial charge on any atom is 0.338 e. The van der Waals surface area contributed by atoms with E-state index in [1.165, 1.54) is 11.3 Å². The highest BCUT2D eigenvalue weighted by Crippen LogP contribution is 2.36. The molecule has 1 aromatic carbocycles. The van der Waals surface area contributed by atoms with Crippen LogP contribution in [0, 0.1) is 0 Å². The Morgan fingerprint density at radius 2 is 2.00 bits per heavy atom. The van der Waals surface area contributed by atoms with Crippen LogP contribution < -0.4 is 0 Å². The monoisotopic (exact) mass is 313 g/mol.